The van der Waals surface area contributed by atoms with E-state index in [2.05, 4.69) is 27.4 Å². The Labute approximate surface area is 324 Å². The van der Waals surface area contributed by atoms with Gasteiger partial charge in [0.25, 0.3) is 8.32 Å². The molecular weight excluding hydrogens is 637 g/mol. The summed E-state index contributed by atoms with van der Waals surface area (Å²) in [5, 5.41) is 0. The molecule has 0 amide bonds. The lowest BCUT2D eigenvalue weighted by Crippen LogP contribution is -2.40. The van der Waals surface area contributed by atoms with Crippen molar-refractivity contribution < 1.29 is 9.22 Å². The molecule has 0 aliphatic heterocycles. The molecular formula is C48H96O2Si. The highest BCUT2D eigenvalue weighted by molar-refractivity contribution is 6.75. The van der Waals surface area contributed by atoms with Gasteiger partial charge in [-0.25, -0.2) is 4.79 Å². The predicted molar refractivity (Wildman–Crippen MR) is 234 cm³/mol. The molecule has 0 radical (unpaired) electrons. The van der Waals surface area contributed by atoms with E-state index in [1.807, 2.05) is 0 Å². The molecule has 0 bridgehead atoms. The van der Waals surface area contributed by atoms with Gasteiger partial charge in [-0.05, 0) is 18.1 Å². The number of rotatable bonds is 44. The molecule has 0 saturated carbocycles. The Kier molecular flexibility index (Phi) is 41.7. The van der Waals surface area contributed by atoms with Crippen LogP contribution in [-0.4, -0.2) is 14.3 Å². The lowest BCUT2D eigenvalue weighted by molar-refractivity contribution is -0.129. The molecule has 0 spiro atoms. The van der Waals surface area contributed by atoms with E-state index in [0.717, 1.165) is 0 Å². The molecule has 0 rings (SSSR count). The fraction of sp³-hybridized carbons (Fsp3) is 0.938. The monoisotopic (exact) mass is 733 g/mol. The van der Waals surface area contributed by atoms with Crippen molar-refractivity contribution in [3.8, 4) is 0 Å². The summed E-state index contributed by atoms with van der Waals surface area (Å²) in [6.07, 6.45) is 55.6. The van der Waals surface area contributed by atoms with Crippen LogP contribution in [0.1, 0.15) is 271 Å². The minimum absolute atomic E-state index is 0.138. The first kappa shape index (κ1) is 50.4. The van der Waals surface area contributed by atoms with Crippen LogP contribution in [-0.2, 0) is 9.22 Å². The largest absolute Gasteiger partial charge is 0.516 e. The lowest BCUT2D eigenvalue weighted by Gasteiger charge is -2.31. The van der Waals surface area contributed by atoms with Gasteiger partial charge >= 0.3 is 5.97 Å². The van der Waals surface area contributed by atoms with Crippen LogP contribution >= 0.6 is 0 Å². The second kappa shape index (κ2) is 42.2. The van der Waals surface area contributed by atoms with Crippen LogP contribution < -0.4 is 0 Å². The van der Waals surface area contributed by atoms with E-state index in [1.54, 1.807) is 0 Å². The highest BCUT2D eigenvalue weighted by atomic mass is 28.4. The summed E-state index contributed by atoms with van der Waals surface area (Å²) < 4.78 is 6.49. The van der Waals surface area contributed by atoms with E-state index in [9.17, 15) is 4.79 Å². The molecule has 0 aromatic heterocycles. The zero-order chi connectivity index (χ0) is 37.2. The van der Waals surface area contributed by atoms with Crippen LogP contribution in [0, 0.1) is 0 Å². The molecule has 2 nitrogen and oxygen atoms in total. The molecule has 0 aromatic rings. The fourth-order valence-electron chi connectivity index (χ4n) is 8.18. The summed E-state index contributed by atoms with van der Waals surface area (Å²) in [6, 6.07) is 3.54. The molecule has 304 valence electrons. The van der Waals surface area contributed by atoms with E-state index in [1.165, 1.54) is 275 Å². The first-order valence-corrected chi connectivity index (χ1v) is 26.5. The number of carbonyl (C=O) groups is 1. The van der Waals surface area contributed by atoms with Gasteiger partial charge in [-0.1, -0.05) is 278 Å². The topological polar surface area (TPSA) is 26.3 Å². The Morgan fingerprint density at radius 3 is 0.706 bits per heavy atom. The Hall–Kier alpha value is -0.573. The minimum atomic E-state index is -2.10. The van der Waals surface area contributed by atoms with Crippen LogP contribution in [0.4, 0.5) is 0 Å². The van der Waals surface area contributed by atoms with Gasteiger partial charge in [0.1, 0.15) is 0 Å². The SMILES string of the molecule is C=CC(=O)O[Si](CCCCCCCCCCCCCCC)(CCCCCCCCCCCCCCC)CCCCCCCCCCCCCCC. The van der Waals surface area contributed by atoms with Gasteiger partial charge in [0.2, 0.25) is 0 Å². The van der Waals surface area contributed by atoms with Crippen molar-refractivity contribution >= 4 is 14.3 Å². The van der Waals surface area contributed by atoms with Gasteiger partial charge in [-0.2, -0.15) is 0 Å². The average molecular weight is 733 g/mol. The Morgan fingerprint density at radius 2 is 0.529 bits per heavy atom. The van der Waals surface area contributed by atoms with Gasteiger partial charge in [0.05, 0.1) is 0 Å². The average Bonchev–Trinajstić information content (AvgIpc) is 3.14. The van der Waals surface area contributed by atoms with Crippen molar-refractivity contribution in [2.24, 2.45) is 0 Å². The van der Waals surface area contributed by atoms with Crippen molar-refractivity contribution in [1.29, 1.82) is 0 Å². The van der Waals surface area contributed by atoms with E-state index in [-0.39, 0.29) is 5.97 Å². The molecule has 0 unspecified atom stereocenters. The van der Waals surface area contributed by atoms with E-state index in [4.69, 9.17) is 4.43 Å². The van der Waals surface area contributed by atoms with Crippen molar-refractivity contribution in [2.45, 2.75) is 289 Å². The first-order valence-electron chi connectivity index (χ1n) is 24.0. The van der Waals surface area contributed by atoms with E-state index >= 15 is 0 Å². The molecule has 0 aliphatic rings. The summed E-state index contributed by atoms with van der Waals surface area (Å²) in [6.45, 7) is 10.7. The molecule has 0 N–H and O–H groups in total. The van der Waals surface area contributed by atoms with Crippen molar-refractivity contribution in [3.63, 3.8) is 0 Å². The van der Waals surface area contributed by atoms with Gasteiger partial charge in [-0.15, -0.1) is 0 Å². The quantitative estimate of drug-likeness (QED) is 0.0354. The highest BCUT2D eigenvalue weighted by Gasteiger charge is 2.36. The van der Waals surface area contributed by atoms with Crippen LogP contribution in [0.25, 0.3) is 0 Å². The number of unbranched alkanes of at least 4 members (excludes halogenated alkanes) is 36. The molecule has 0 aliphatic carbocycles. The number of hydrogen-bond acceptors (Lipinski definition) is 2. The summed E-state index contributed by atoms with van der Waals surface area (Å²) in [5.74, 6) is -0.138. The fourth-order valence-corrected chi connectivity index (χ4v) is 12.4. The summed E-state index contributed by atoms with van der Waals surface area (Å²) in [7, 11) is -2.10. The second-order valence-electron chi connectivity index (χ2n) is 16.8. The predicted octanol–water partition coefficient (Wildman–Crippen LogP) is 17.9. The maximum absolute atomic E-state index is 12.7. The molecule has 0 heterocycles. The molecule has 0 aromatic carbocycles. The zero-order valence-corrected chi connectivity index (χ0v) is 36.8. The van der Waals surface area contributed by atoms with E-state index < -0.39 is 8.32 Å². The third-order valence-corrected chi connectivity index (χ3v) is 16.1. The van der Waals surface area contributed by atoms with Gasteiger partial charge in [-0.3, -0.25) is 0 Å². The van der Waals surface area contributed by atoms with Gasteiger partial charge < -0.3 is 4.43 Å². The molecule has 0 saturated heterocycles. The Morgan fingerprint density at radius 1 is 0.353 bits per heavy atom. The van der Waals surface area contributed by atoms with Crippen LogP contribution in [0.5, 0.6) is 0 Å². The highest BCUT2D eigenvalue weighted by Crippen LogP contribution is 2.32. The summed E-state index contributed by atoms with van der Waals surface area (Å²) in [5.41, 5.74) is 0. The molecule has 0 atom stereocenters. The third kappa shape index (κ3) is 37.5. The standard InChI is InChI=1S/C48H96O2Si/c1-5-9-12-15-18-21-24-27-30-33-36-39-42-45-51(50-48(49)8-4,46-43-40-37-34-31-28-25-22-19-16-13-10-6-2)47-44-41-38-35-32-29-26-23-20-17-14-11-7-3/h8H,4-7,9-47H2,1-3H3. The maximum atomic E-state index is 12.7. The Balaban J connectivity index is 4.58. The first-order chi connectivity index (χ1) is 25.1. The lowest BCUT2D eigenvalue weighted by atomic mass is 10.0. The minimum Gasteiger partial charge on any atom is -0.516 e. The third-order valence-electron chi connectivity index (χ3n) is 11.7. The van der Waals surface area contributed by atoms with Crippen LogP contribution in [0.15, 0.2) is 12.7 Å². The smallest absolute Gasteiger partial charge is 0.316 e. The van der Waals surface area contributed by atoms with Crippen molar-refractivity contribution in [2.75, 3.05) is 0 Å². The number of hydrogen-bond donors (Lipinski definition) is 0. The second-order valence-corrected chi connectivity index (χ2v) is 20.9. The normalized spacial score (nSPS) is 11.7. The van der Waals surface area contributed by atoms with E-state index in [0.29, 0.717) is 0 Å². The molecule has 51 heavy (non-hydrogen) atoms. The molecule has 3 heteroatoms. The van der Waals surface area contributed by atoms with Crippen LogP contribution in [0.3, 0.4) is 0 Å². The zero-order valence-electron chi connectivity index (χ0n) is 35.8. The summed E-state index contributed by atoms with van der Waals surface area (Å²) in [4.78, 5) is 12.7. The van der Waals surface area contributed by atoms with Crippen molar-refractivity contribution in [1.82, 2.24) is 0 Å². The number of carbonyl (C=O) groups excluding carboxylic acids is 1. The van der Waals surface area contributed by atoms with Gasteiger partial charge in [0, 0.05) is 6.08 Å². The maximum Gasteiger partial charge on any atom is 0.316 e. The van der Waals surface area contributed by atoms with Crippen molar-refractivity contribution in [3.05, 3.63) is 12.7 Å². The van der Waals surface area contributed by atoms with Crippen LogP contribution in [0.2, 0.25) is 18.1 Å². The van der Waals surface area contributed by atoms with Gasteiger partial charge in [0.15, 0.2) is 0 Å². The molecule has 0 fully saturated rings. The summed E-state index contributed by atoms with van der Waals surface area (Å²) >= 11 is 0. The Bertz CT molecular complexity index is 617.